The highest BCUT2D eigenvalue weighted by atomic mass is 35.5. The fraction of sp³-hybridized carbons (Fsp3) is 0.357. The Morgan fingerprint density at radius 3 is 2.57 bits per heavy atom. The third-order valence-corrected chi connectivity index (χ3v) is 5.08. The molecule has 0 aromatic heterocycles. The van der Waals surface area contributed by atoms with Gasteiger partial charge in [0.1, 0.15) is 5.82 Å². The second-order valence-corrected chi connectivity index (χ2v) is 7.02. The Hall–Kier alpha value is -1.40. The van der Waals surface area contributed by atoms with E-state index in [9.17, 15) is 17.6 Å². The Kier molecular flexibility index (Phi) is 6.36. The highest BCUT2D eigenvalue weighted by Gasteiger charge is 2.21. The van der Waals surface area contributed by atoms with E-state index in [-0.39, 0.29) is 10.6 Å². The Balaban J connectivity index is 2.93. The van der Waals surface area contributed by atoms with Gasteiger partial charge in [0.2, 0.25) is 0 Å². The van der Waals surface area contributed by atoms with Crippen molar-refractivity contribution < 1.29 is 22.7 Å². The highest BCUT2D eigenvalue weighted by Crippen LogP contribution is 2.25. The number of hydrogen-bond acceptors (Lipinski definition) is 3. The molecule has 0 spiro atoms. The first-order chi connectivity index (χ1) is 9.79. The van der Waals surface area contributed by atoms with Gasteiger partial charge in [0.25, 0.3) is 0 Å². The summed E-state index contributed by atoms with van der Waals surface area (Å²) < 4.78 is 37.7. The van der Waals surface area contributed by atoms with E-state index in [0.29, 0.717) is 12.8 Å². The number of halogens is 2. The number of sulfone groups is 1. The SMILES string of the molecule is C=CCCCCCS(=O)(=O)c1cc(F)c(Cl)c(C(=O)O)c1. The Morgan fingerprint density at radius 1 is 1.33 bits per heavy atom. The fourth-order valence-electron chi connectivity index (χ4n) is 1.77. The monoisotopic (exact) mass is 334 g/mol. The first-order valence-corrected chi connectivity index (χ1v) is 8.38. The van der Waals surface area contributed by atoms with Crippen LogP contribution >= 0.6 is 11.6 Å². The van der Waals surface area contributed by atoms with Gasteiger partial charge in [-0.05, 0) is 31.4 Å². The van der Waals surface area contributed by atoms with Gasteiger partial charge in [-0.1, -0.05) is 24.1 Å². The van der Waals surface area contributed by atoms with E-state index in [1.165, 1.54) is 0 Å². The summed E-state index contributed by atoms with van der Waals surface area (Å²) >= 11 is 5.51. The van der Waals surface area contributed by atoms with Gasteiger partial charge in [-0.25, -0.2) is 17.6 Å². The Morgan fingerprint density at radius 2 is 2.00 bits per heavy atom. The first-order valence-electron chi connectivity index (χ1n) is 6.35. The standard InChI is InChI=1S/C14H16ClFO4S/c1-2-3-4-5-6-7-21(19,20)10-8-11(14(17)18)13(15)12(16)9-10/h2,8-9H,1,3-7H2,(H,17,18). The number of unbranched alkanes of at least 4 members (excludes halogenated alkanes) is 3. The number of benzene rings is 1. The van der Waals surface area contributed by atoms with Crippen molar-refractivity contribution in [2.45, 2.75) is 30.6 Å². The van der Waals surface area contributed by atoms with Crippen LogP contribution in [0.25, 0.3) is 0 Å². The largest absolute Gasteiger partial charge is 0.478 e. The van der Waals surface area contributed by atoms with Crippen LogP contribution in [0.4, 0.5) is 4.39 Å². The lowest BCUT2D eigenvalue weighted by molar-refractivity contribution is 0.0696. The normalized spacial score (nSPS) is 11.3. The van der Waals surface area contributed by atoms with E-state index in [4.69, 9.17) is 16.7 Å². The number of carbonyl (C=O) groups is 1. The summed E-state index contributed by atoms with van der Waals surface area (Å²) in [6.45, 7) is 3.57. The number of hydrogen-bond donors (Lipinski definition) is 1. The molecule has 4 nitrogen and oxygen atoms in total. The molecule has 1 aromatic carbocycles. The summed E-state index contributed by atoms with van der Waals surface area (Å²) in [5.74, 6) is -2.69. The molecule has 0 atom stereocenters. The molecule has 0 saturated heterocycles. The van der Waals surface area contributed by atoms with Gasteiger partial charge in [0, 0.05) is 0 Å². The summed E-state index contributed by atoms with van der Waals surface area (Å²) in [5.41, 5.74) is -0.554. The van der Waals surface area contributed by atoms with E-state index >= 15 is 0 Å². The molecule has 21 heavy (non-hydrogen) atoms. The molecule has 0 radical (unpaired) electrons. The fourth-order valence-corrected chi connectivity index (χ4v) is 3.37. The zero-order chi connectivity index (χ0) is 16.0. The van der Waals surface area contributed by atoms with Crippen LogP contribution in [0.15, 0.2) is 29.7 Å². The van der Waals surface area contributed by atoms with E-state index in [0.717, 1.165) is 25.0 Å². The van der Waals surface area contributed by atoms with Crippen LogP contribution in [-0.2, 0) is 9.84 Å². The zero-order valence-corrected chi connectivity index (χ0v) is 12.9. The average molecular weight is 335 g/mol. The van der Waals surface area contributed by atoms with Crippen molar-refractivity contribution in [3.8, 4) is 0 Å². The minimum Gasteiger partial charge on any atom is -0.478 e. The number of rotatable bonds is 8. The quantitative estimate of drug-likeness (QED) is 0.581. The summed E-state index contributed by atoms with van der Waals surface area (Å²) in [6.07, 6.45) is 4.51. The summed E-state index contributed by atoms with van der Waals surface area (Å²) in [7, 11) is -3.73. The Labute approximate surface area is 128 Å². The number of carboxylic acid groups (broad SMARTS) is 1. The molecule has 0 fully saturated rings. The number of aromatic carboxylic acids is 1. The number of allylic oxidation sites excluding steroid dienone is 1. The maximum atomic E-state index is 13.5. The topological polar surface area (TPSA) is 71.4 Å². The predicted octanol–water partition coefficient (Wildman–Crippen LogP) is 3.70. The van der Waals surface area contributed by atoms with E-state index in [1.807, 2.05) is 0 Å². The maximum Gasteiger partial charge on any atom is 0.337 e. The minimum atomic E-state index is -3.73. The van der Waals surface area contributed by atoms with Crippen molar-refractivity contribution in [1.82, 2.24) is 0 Å². The molecular formula is C14H16ClFO4S. The first kappa shape index (κ1) is 17.7. The van der Waals surface area contributed by atoms with Gasteiger partial charge in [-0.15, -0.1) is 6.58 Å². The van der Waals surface area contributed by atoms with Crippen LogP contribution in [0, 0.1) is 5.82 Å². The summed E-state index contributed by atoms with van der Waals surface area (Å²) in [5, 5.41) is 8.31. The van der Waals surface area contributed by atoms with Gasteiger partial charge in [-0.2, -0.15) is 0 Å². The average Bonchev–Trinajstić information content (AvgIpc) is 2.40. The molecular weight excluding hydrogens is 319 g/mol. The maximum absolute atomic E-state index is 13.5. The molecule has 0 heterocycles. The lowest BCUT2D eigenvalue weighted by Gasteiger charge is -2.07. The van der Waals surface area contributed by atoms with E-state index in [1.54, 1.807) is 6.08 Å². The molecule has 0 aliphatic heterocycles. The molecule has 1 N–H and O–H groups in total. The van der Waals surface area contributed by atoms with Crippen molar-refractivity contribution in [3.05, 3.63) is 41.2 Å². The highest BCUT2D eigenvalue weighted by molar-refractivity contribution is 7.91. The Bertz CT molecular complexity index is 641. The molecule has 116 valence electrons. The van der Waals surface area contributed by atoms with Gasteiger partial charge >= 0.3 is 5.97 Å². The molecule has 0 bridgehead atoms. The number of carboxylic acids is 1. The van der Waals surface area contributed by atoms with Crippen molar-refractivity contribution in [2.75, 3.05) is 5.75 Å². The van der Waals surface area contributed by atoms with E-state index in [2.05, 4.69) is 6.58 Å². The van der Waals surface area contributed by atoms with E-state index < -0.39 is 32.2 Å². The smallest absolute Gasteiger partial charge is 0.337 e. The molecule has 0 unspecified atom stereocenters. The van der Waals surface area contributed by atoms with Crippen LogP contribution in [0.1, 0.15) is 36.0 Å². The predicted molar refractivity (Wildman–Crippen MR) is 79.1 cm³/mol. The third kappa shape index (κ3) is 4.82. The third-order valence-electron chi connectivity index (χ3n) is 2.91. The second-order valence-electron chi connectivity index (χ2n) is 4.53. The zero-order valence-electron chi connectivity index (χ0n) is 11.3. The molecule has 7 heteroatoms. The van der Waals surface area contributed by atoms with Crippen molar-refractivity contribution in [3.63, 3.8) is 0 Å². The van der Waals surface area contributed by atoms with Crippen molar-refractivity contribution in [2.24, 2.45) is 0 Å². The summed E-state index contributed by atoms with van der Waals surface area (Å²) in [4.78, 5) is 10.6. The van der Waals surface area contributed by atoms with Crippen LogP contribution in [0.5, 0.6) is 0 Å². The minimum absolute atomic E-state index is 0.162. The van der Waals surface area contributed by atoms with Crippen LogP contribution < -0.4 is 0 Å². The van der Waals surface area contributed by atoms with Crippen LogP contribution in [0.3, 0.4) is 0 Å². The molecule has 0 amide bonds. The van der Waals surface area contributed by atoms with Gasteiger partial charge in [-0.3, -0.25) is 0 Å². The second kappa shape index (κ2) is 7.56. The van der Waals surface area contributed by atoms with Crippen LogP contribution in [0.2, 0.25) is 5.02 Å². The lowest BCUT2D eigenvalue weighted by Crippen LogP contribution is -2.10. The van der Waals surface area contributed by atoms with Crippen molar-refractivity contribution >= 4 is 27.4 Å². The lowest BCUT2D eigenvalue weighted by atomic mass is 10.2. The van der Waals surface area contributed by atoms with Gasteiger partial charge in [0.15, 0.2) is 9.84 Å². The molecule has 0 aliphatic rings. The molecule has 1 rings (SSSR count). The molecule has 0 aliphatic carbocycles. The molecule has 0 saturated carbocycles. The van der Waals surface area contributed by atoms with Crippen LogP contribution in [-0.4, -0.2) is 25.2 Å². The summed E-state index contributed by atoms with van der Waals surface area (Å²) in [6, 6.07) is 1.65. The van der Waals surface area contributed by atoms with Gasteiger partial charge in [0.05, 0.1) is 21.2 Å². The van der Waals surface area contributed by atoms with Crippen molar-refractivity contribution in [1.29, 1.82) is 0 Å². The van der Waals surface area contributed by atoms with Gasteiger partial charge < -0.3 is 5.11 Å². The molecule has 1 aromatic rings.